The molecule has 2 rings (SSSR count). The lowest BCUT2D eigenvalue weighted by atomic mass is 10.00. The van der Waals surface area contributed by atoms with Crippen molar-refractivity contribution in [3.8, 4) is 0 Å². The van der Waals surface area contributed by atoms with Crippen LogP contribution in [-0.4, -0.2) is 10.2 Å². The summed E-state index contributed by atoms with van der Waals surface area (Å²) in [7, 11) is 0. The first kappa shape index (κ1) is 10.5. The fourth-order valence-electron chi connectivity index (χ4n) is 2.38. The zero-order valence-electron chi connectivity index (χ0n) is 9.88. The normalized spacial score (nSPS) is 24.8. The number of rotatable bonds is 4. The molecular weight excluding hydrogens is 186 g/mol. The predicted molar refractivity (Wildman–Crippen MR) is 62.7 cm³/mol. The number of hydrogen-bond donors (Lipinski definition) is 2. The average molecular weight is 207 g/mol. The van der Waals surface area contributed by atoms with Gasteiger partial charge in [0, 0.05) is 17.2 Å². The number of nitrogens with zero attached hydrogens (tertiary/aromatic N) is 1. The number of nitrogen functional groups attached to an aromatic ring is 1. The molecule has 1 saturated carbocycles. The number of aromatic amines is 1. The Kier molecular flexibility index (Phi) is 2.72. The van der Waals surface area contributed by atoms with Crippen molar-refractivity contribution in [1.82, 2.24) is 10.2 Å². The van der Waals surface area contributed by atoms with Gasteiger partial charge in [-0.1, -0.05) is 27.2 Å². The number of H-pyrrole nitrogens is 1. The minimum Gasteiger partial charge on any atom is -0.382 e. The summed E-state index contributed by atoms with van der Waals surface area (Å²) in [6.07, 6.45) is 3.62. The summed E-state index contributed by atoms with van der Waals surface area (Å²) in [5.41, 5.74) is 8.48. The first-order valence-electron chi connectivity index (χ1n) is 5.96. The van der Waals surface area contributed by atoms with Crippen LogP contribution < -0.4 is 5.73 Å². The van der Waals surface area contributed by atoms with Crippen molar-refractivity contribution in [2.75, 3.05) is 5.73 Å². The van der Waals surface area contributed by atoms with Gasteiger partial charge in [-0.05, 0) is 24.7 Å². The molecule has 0 aromatic carbocycles. The molecule has 1 aromatic heterocycles. The van der Waals surface area contributed by atoms with Gasteiger partial charge in [0.05, 0.1) is 0 Å². The van der Waals surface area contributed by atoms with Gasteiger partial charge in [-0.3, -0.25) is 5.10 Å². The molecular formula is C12H21N3. The maximum absolute atomic E-state index is 5.90. The highest BCUT2D eigenvalue weighted by Crippen LogP contribution is 2.50. The fourth-order valence-corrected chi connectivity index (χ4v) is 2.38. The zero-order chi connectivity index (χ0) is 11.0. The fraction of sp³-hybridized carbons (Fsp3) is 0.750. The Morgan fingerprint density at radius 3 is 2.80 bits per heavy atom. The van der Waals surface area contributed by atoms with E-state index >= 15 is 0 Å². The Balaban J connectivity index is 2.17. The molecule has 0 bridgehead atoms. The van der Waals surface area contributed by atoms with E-state index in [1.165, 1.54) is 24.1 Å². The maximum atomic E-state index is 5.90. The highest BCUT2D eigenvalue weighted by molar-refractivity contribution is 5.45. The Bertz CT molecular complexity index is 341. The van der Waals surface area contributed by atoms with Gasteiger partial charge in [0.2, 0.25) is 0 Å². The highest BCUT2D eigenvalue weighted by atomic mass is 15.2. The molecule has 0 radical (unpaired) electrons. The van der Waals surface area contributed by atoms with Crippen LogP contribution in [0.15, 0.2) is 0 Å². The van der Waals surface area contributed by atoms with Crippen LogP contribution in [0.3, 0.4) is 0 Å². The van der Waals surface area contributed by atoms with E-state index in [-0.39, 0.29) is 0 Å². The van der Waals surface area contributed by atoms with Crippen LogP contribution in [0.2, 0.25) is 0 Å². The summed E-state index contributed by atoms with van der Waals surface area (Å²) in [6, 6.07) is 0. The number of nitrogens with one attached hydrogen (secondary N) is 1. The Hall–Kier alpha value is -0.990. The Labute approximate surface area is 91.4 Å². The van der Waals surface area contributed by atoms with Gasteiger partial charge in [-0.25, -0.2) is 0 Å². The number of hydrogen-bond acceptors (Lipinski definition) is 2. The van der Waals surface area contributed by atoms with Crippen molar-refractivity contribution in [3.63, 3.8) is 0 Å². The van der Waals surface area contributed by atoms with Gasteiger partial charge >= 0.3 is 0 Å². The van der Waals surface area contributed by atoms with Crippen LogP contribution in [0.1, 0.15) is 50.8 Å². The van der Waals surface area contributed by atoms with E-state index in [1.54, 1.807) is 0 Å². The van der Waals surface area contributed by atoms with Gasteiger partial charge in [-0.15, -0.1) is 0 Å². The topological polar surface area (TPSA) is 54.7 Å². The van der Waals surface area contributed by atoms with Crippen molar-refractivity contribution in [2.24, 2.45) is 11.8 Å². The maximum Gasteiger partial charge on any atom is 0.148 e. The smallest absolute Gasteiger partial charge is 0.148 e. The highest BCUT2D eigenvalue weighted by Gasteiger charge is 2.39. The molecule has 2 atom stereocenters. The quantitative estimate of drug-likeness (QED) is 0.797. The predicted octanol–water partition coefficient (Wildman–Crippen LogP) is 2.70. The Morgan fingerprint density at radius 1 is 1.53 bits per heavy atom. The van der Waals surface area contributed by atoms with Crippen molar-refractivity contribution in [1.29, 1.82) is 0 Å². The van der Waals surface area contributed by atoms with E-state index in [1.807, 2.05) is 0 Å². The lowest BCUT2D eigenvalue weighted by Crippen LogP contribution is -2.00. The van der Waals surface area contributed by atoms with Crippen molar-refractivity contribution < 1.29 is 0 Å². The second kappa shape index (κ2) is 3.87. The average Bonchev–Trinajstić information content (AvgIpc) is 2.88. The number of aromatic nitrogens is 2. The third kappa shape index (κ3) is 2.01. The monoisotopic (exact) mass is 207 g/mol. The first-order chi connectivity index (χ1) is 7.13. The van der Waals surface area contributed by atoms with Crippen LogP contribution in [0.5, 0.6) is 0 Å². The third-order valence-corrected chi connectivity index (χ3v) is 3.36. The summed E-state index contributed by atoms with van der Waals surface area (Å²) in [6.45, 7) is 6.70. The molecule has 15 heavy (non-hydrogen) atoms. The van der Waals surface area contributed by atoms with Gasteiger partial charge in [0.1, 0.15) is 5.82 Å². The summed E-state index contributed by atoms with van der Waals surface area (Å²) >= 11 is 0. The van der Waals surface area contributed by atoms with E-state index in [2.05, 4.69) is 31.0 Å². The molecule has 1 fully saturated rings. The summed E-state index contributed by atoms with van der Waals surface area (Å²) in [4.78, 5) is 0. The molecule has 1 aromatic rings. The van der Waals surface area contributed by atoms with Gasteiger partial charge in [0.25, 0.3) is 0 Å². The van der Waals surface area contributed by atoms with Crippen molar-refractivity contribution >= 4 is 5.82 Å². The van der Waals surface area contributed by atoms with Crippen LogP contribution >= 0.6 is 0 Å². The molecule has 1 aliphatic rings. The van der Waals surface area contributed by atoms with E-state index in [0.717, 1.165) is 12.3 Å². The molecule has 0 aliphatic heterocycles. The molecule has 0 saturated heterocycles. The van der Waals surface area contributed by atoms with E-state index in [4.69, 9.17) is 5.73 Å². The summed E-state index contributed by atoms with van der Waals surface area (Å²) < 4.78 is 0. The van der Waals surface area contributed by atoms with Crippen molar-refractivity contribution in [3.05, 3.63) is 11.3 Å². The van der Waals surface area contributed by atoms with Gasteiger partial charge in [-0.2, -0.15) is 5.10 Å². The summed E-state index contributed by atoms with van der Waals surface area (Å²) in [5.74, 6) is 2.91. The molecule has 3 nitrogen and oxygen atoms in total. The second-order valence-electron chi connectivity index (χ2n) is 5.11. The Morgan fingerprint density at radius 2 is 2.27 bits per heavy atom. The van der Waals surface area contributed by atoms with E-state index < -0.39 is 0 Å². The minimum absolute atomic E-state index is 0.641. The molecule has 0 amide bonds. The molecule has 3 N–H and O–H groups in total. The SMILES string of the molecule is CC[C@@H]1C[C@H]1c1[nH]nc(N)c1CC(C)C. The largest absolute Gasteiger partial charge is 0.382 e. The van der Waals surface area contributed by atoms with Crippen LogP contribution in [0, 0.1) is 11.8 Å². The first-order valence-corrected chi connectivity index (χ1v) is 5.96. The molecule has 84 valence electrons. The van der Waals surface area contributed by atoms with E-state index in [9.17, 15) is 0 Å². The second-order valence-corrected chi connectivity index (χ2v) is 5.11. The van der Waals surface area contributed by atoms with E-state index in [0.29, 0.717) is 17.7 Å². The molecule has 0 unspecified atom stereocenters. The number of anilines is 1. The lowest BCUT2D eigenvalue weighted by molar-refractivity contribution is 0.641. The van der Waals surface area contributed by atoms with Crippen LogP contribution in [0.25, 0.3) is 0 Å². The third-order valence-electron chi connectivity index (χ3n) is 3.36. The van der Waals surface area contributed by atoms with Gasteiger partial charge < -0.3 is 5.73 Å². The van der Waals surface area contributed by atoms with Crippen LogP contribution in [-0.2, 0) is 6.42 Å². The molecule has 0 spiro atoms. The standard InChI is InChI=1S/C12H21N3/c1-4-8-6-9(8)11-10(5-7(2)3)12(13)15-14-11/h7-9H,4-6H2,1-3H3,(H3,13,14,15)/t8-,9-/m1/s1. The van der Waals surface area contributed by atoms with Crippen molar-refractivity contribution in [2.45, 2.75) is 46.0 Å². The molecule has 3 heteroatoms. The minimum atomic E-state index is 0.641. The lowest BCUT2D eigenvalue weighted by Gasteiger charge is -2.06. The number of nitrogens with two attached hydrogens (primary N) is 1. The molecule has 1 aliphatic carbocycles. The van der Waals surface area contributed by atoms with Crippen LogP contribution in [0.4, 0.5) is 5.82 Å². The van der Waals surface area contributed by atoms with Gasteiger partial charge in [0.15, 0.2) is 0 Å². The zero-order valence-corrected chi connectivity index (χ0v) is 9.88. The molecule has 1 heterocycles. The summed E-state index contributed by atoms with van der Waals surface area (Å²) in [5, 5.41) is 7.28.